The van der Waals surface area contributed by atoms with Crippen molar-refractivity contribution in [1.82, 2.24) is 15.5 Å². The molecule has 0 radical (unpaired) electrons. The molecule has 1 aromatic rings. The minimum absolute atomic E-state index is 0.0564. The Kier molecular flexibility index (Phi) is 10.4. The van der Waals surface area contributed by atoms with E-state index in [9.17, 15) is 18.3 Å². The Morgan fingerprint density at radius 1 is 1.23 bits per heavy atom. The number of likely N-dealkylation sites (tertiary alicyclic amines) is 1. The van der Waals surface area contributed by atoms with Crippen molar-refractivity contribution in [1.29, 1.82) is 0 Å². The van der Waals surface area contributed by atoms with E-state index in [0.717, 1.165) is 50.5 Å². The maximum Gasteiger partial charge on any atom is 0.573 e. The molecule has 0 spiro atoms. The second-order valence-electron chi connectivity index (χ2n) is 7.92. The van der Waals surface area contributed by atoms with Gasteiger partial charge >= 0.3 is 6.36 Å². The van der Waals surface area contributed by atoms with E-state index in [1.165, 1.54) is 18.6 Å². The Balaban J connectivity index is 1.88. The SMILES string of the molecule is CCCN1CCC(NC(=NCC(CO)Cc2ccc(OC(F)(F)F)cc2)NCC)CC1. The van der Waals surface area contributed by atoms with Crippen molar-refractivity contribution < 1.29 is 23.0 Å². The molecule has 176 valence electrons. The van der Waals surface area contributed by atoms with Crippen LogP contribution in [0.5, 0.6) is 5.75 Å². The number of hydrogen-bond acceptors (Lipinski definition) is 4. The highest BCUT2D eigenvalue weighted by atomic mass is 19.4. The van der Waals surface area contributed by atoms with Gasteiger partial charge in [0.15, 0.2) is 5.96 Å². The third-order valence-electron chi connectivity index (χ3n) is 5.26. The van der Waals surface area contributed by atoms with Crippen LogP contribution in [0.15, 0.2) is 29.3 Å². The van der Waals surface area contributed by atoms with Crippen LogP contribution < -0.4 is 15.4 Å². The highest BCUT2D eigenvalue weighted by Crippen LogP contribution is 2.23. The predicted octanol–water partition coefficient (Wildman–Crippen LogP) is 3.17. The number of halogens is 3. The Morgan fingerprint density at radius 2 is 1.90 bits per heavy atom. The maximum atomic E-state index is 12.3. The van der Waals surface area contributed by atoms with E-state index < -0.39 is 6.36 Å². The molecule has 0 saturated carbocycles. The van der Waals surface area contributed by atoms with E-state index >= 15 is 0 Å². The van der Waals surface area contributed by atoms with Crippen LogP contribution in [0.1, 0.15) is 38.7 Å². The number of alkyl halides is 3. The van der Waals surface area contributed by atoms with E-state index in [2.05, 4.69) is 32.2 Å². The number of nitrogens with zero attached hydrogens (tertiary/aromatic N) is 2. The topological polar surface area (TPSA) is 69.1 Å². The molecular formula is C22H35F3N4O2. The molecule has 1 atom stereocenters. The van der Waals surface area contributed by atoms with Gasteiger partial charge < -0.3 is 25.4 Å². The maximum absolute atomic E-state index is 12.3. The molecule has 0 aliphatic carbocycles. The molecule has 1 aromatic carbocycles. The third-order valence-corrected chi connectivity index (χ3v) is 5.26. The summed E-state index contributed by atoms with van der Waals surface area (Å²) in [5, 5.41) is 16.5. The molecule has 0 aromatic heterocycles. The van der Waals surface area contributed by atoms with Gasteiger partial charge in [-0.2, -0.15) is 0 Å². The second-order valence-corrected chi connectivity index (χ2v) is 7.92. The number of aliphatic imine (C=N–C) groups is 1. The van der Waals surface area contributed by atoms with Crippen LogP contribution in [0.2, 0.25) is 0 Å². The van der Waals surface area contributed by atoms with Crippen LogP contribution in [0.4, 0.5) is 13.2 Å². The standard InChI is InChI=1S/C22H35F3N4O2/c1-3-11-29-12-9-19(10-13-29)28-21(26-4-2)27-15-18(16-30)14-17-5-7-20(8-6-17)31-22(23,24)25/h5-8,18-19,30H,3-4,9-16H2,1-2H3,(H2,26,27,28). The van der Waals surface area contributed by atoms with Gasteiger partial charge in [0.25, 0.3) is 0 Å². The van der Waals surface area contributed by atoms with Crippen LogP contribution in [-0.2, 0) is 6.42 Å². The summed E-state index contributed by atoms with van der Waals surface area (Å²) in [5.74, 6) is 0.360. The van der Waals surface area contributed by atoms with Gasteiger partial charge in [0, 0.05) is 44.7 Å². The average molecular weight is 445 g/mol. The van der Waals surface area contributed by atoms with Crippen molar-refractivity contribution in [2.45, 2.75) is 51.9 Å². The van der Waals surface area contributed by atoms with Crippen LogP contribution in [0.25, 0.3) is 0 Å². The molecular weight excluding hydrogens is 409 g/mol. The molecule has 31 heavy (non-hydrogen) atoms. The Hall–Kier alpha value is -2.00. The molecule has 1 heterocycles. The normalized spacial score (nSPS) is 17.4. The smallest absolute Gasteiger partial charge is 0.406 e. The van der Waals surface area contributed by atoms with Crippen LogP contribution in [0, 0.1) is 5.92 Å². The lowest BCUT2D eigenvalue weighted by molar-refractivity contribution is -0.274. The van der Waals surface area contributed by atoms with Crippen molar-refractivity contribution in [3.05, 3.63) is 29.8 Å². The third kappa shape index (κ3) is 9.78. The van der Waals surface area contributed by atoms with E-state index in [4.69, 9.17) is 0 Å². The molecule has 6 nitrogen and oxygen atoms in total. The highest BCUT2D eigenvalue weighted by molar-refractivity contribution is 5.80. The summed E-state index contributed by atoms with van der Waals surface area (Å²) in [4.78, 5) is 7.12. The van der Waals surface area contributed by atoms with Gasteiger partial charge in [0.2, 0.25) is 0 Å². The molecule has 0 bridgehead atoms. The van der Waals surface area contributed by atoms with Gasteiger partial charge in [-0.15, -0.1) is 13.2 Å². The number of aliphatic hydroxyl groups is 1. The number of guanidine groups is 1. The van der Waals surface area contributed by atoms with Crippen LogP contribution in [-0.4, -0.2) is 67.7 Å². The summed E-state index contributed by atoms with van der Waals surface area (Å²) in [5.41, 5.74) is 0.824. The summed E-state index contributed by atoms with van der Waals surface area (Å²) < 4.78 is 40.7. The highest BCUT2D eigenvalue weighted by Gasteiger charge is 2.31. The van der Waals surface area contributed by atoms with Gasteiger partial charge in [-0.25, -0.2) is 0 Å². The van der Waals surface area contributed by atoms with Gasteiger partial charge in [0.1, 0.15) is 5.75 Å². The molecule has 9 heteroatoms. The number of piperidine rings is 1. The second kappa shape index (κ2) is 12.8. The first kappa shape index (κ1) is 25.3. The minimum atomic E-state index is -4.70. The lowest BCUT2D eigenvalue weighted by Gasteiger charge is -2.32. The first-order valence-corrected chi connectivity index (χ1v) is 11.1. The quantitative estimate of drug-likeness (QED) is 0.382. The summed E-state index contributed by atoms with van der Waals surface area (Å²) in [6.45, 7) is 8.61. The number of hydrogen-bond donors (Lipinski definition) is 3. The fourth-order valence-corrected chi connectivity index (χ4v) is 3.70. The molecule has 1 unspecified atom stereocenters. The van der Waals surface area contributed by atoms with Crippen molar-refractivity contribution >= 4 is 5.96 Å². The largest absolute Gasteiger partial charge is 0.573 e. The van der Waals surface area contributed by atoms with Crippen LogP contribution >= 0.6 is 0 Å². The molecule has 3 N–H and O–H groups in total. The molecule has 1 aliphatic rings. The molecule has 1 aliphatic heterocycles. The van der Waals surface area contributed by atoms with Crippen molar-refractivity contribution in [2.24, 2.45) is 10.9 Å². The zero-order chi connectivity index (χ0) is 22.7. The molecule has 2 rings (SSSR count). The first-order valence-electron chi connectivity index (χ1n) is 11.1. The molecule has 1 saturated heterocycles. The average Bonchev–Trinajstić information content (AvgIpc) is 2.73. The summed E-state index contributed by atoms with van der Waals surface area (Å²) in [7, 11) is 0. The lowest BCUT2D eigenvalue weighted by Crippen LogP contribution is -2.49. The van der Waals surface area contributed by atoms with Crippen LogP contribution in [0.3, 0.4) is 0 Å². The van der Waals surface area contributed by atoms with Gasteiger partial charge in [-0.3, -0.25) is 4.99 Å². The Morgan fingerprint density at radius 3 is 2.45 bits per heavy atom. The lowest BCUT2D eigenvalue weighted by atomic mass is 10.00. The van der Waals surface area contributed by atoms with E-state index in [-0.39, 0.29) is 18.3 Å². The fourth-order valence-electron chi connectivity index (χ4n) is 3.70. The van der Waals surface area contributed by atoms with Crippen molar-refractivity contribution in [3.63, 3.8) is 0 Å². The van der Waals surface area contributed by atoms with E-state index in [0.29, 0.717) is 19.0 Å². The van der Waals surface area contributed by atoms with Crippen molar-refractivity contribution in [2.75, 3.05) is 39.3 Å². The molecule has 0 amide bonds. The van der Waals surface area contributed by atoms with Gasteiger partial charge in [-0.1, -0.05) is 19.1 Å². The van der Waals surface area contributed by atoms with E-state index in [1.807, 2.05) is 6.92 Å². The monoisotopic (exact) mass is 444 g/mol. The Bertz CT molecular complexity index is 660. The Labute approximate surface area is 182 Å². The van der Waals surface area contributed by atoms with Gasteiger partial charge in [-0.05, 0) is 56.8 Å². The summed E-state index contributed by atoms with van der Waals surface area (Å²) >= 11 is 0. The summed E-state index contributed by atoms with van der Waals surface area (Å²) in [6.07, 6.45) is -0.878. The fraction of sp³-hybridized carbons (Fsp3) is 0.682. The number of nitrogens with one attached hydrogen (secondary N) is 2. The number of benzene rings is 1. The predicted molar refractivity (Wildman–Crippen MR) is 116 cm³/mol. The number of rotatable bonds is 10. The van der Waals surface area contributed by atoms with E-state index in [1.54, 1.807) is 12.1 Å². The number of aliphatic hydroxyl groups excluding tert-OH is 1. The minimum Gasteiger partial charge on any atom is -0.406 e. The zero-order valence-corrected chi connectivity index (χ0v) is 18.4. The molecule has 1 fully saturated rings. The number of ether oxygens (including phenoxy) is 1. The first-order chi connectivity index (χ1) is 14.8. The zero-order valence-electron chi connectivity index (χ0n) is 18.4. The van der Waals surface area contributed by atoms with Gasteiger partial charge in [0.05, 0.1) is 0 Å². The summed E-state index contributed by atoms with van der Waals surface area (Å²) in [6, 6.07) is 6.12. The van der Waals surface area contributed by atoms with Crippen molar-refractivity contribution in [3.8, 4) is 5.75 Å².